The van der Waals surface area contributed by atoms with E-state index in [4.69, 9.17) is 4.74 Å². The van der Waals surface area contributed by atoms with Crippen LogP contribution in [0.4, 0.5) is 5.69 Å². The Balaban J connectivity index is 1.85. The van der Waals surface area contributed by atoms with E-state index in [1.807, 2.05) is 6.92 Å². The predicted octanol–water partition coefficient (Wildman–Crippen LogP) is 1.71. The number of imidazole rings is 1. The van der Waals surface area contributed by atoms with Crippen molar-refractivity contribution in [2.24, 2.45) is 0 Å². The molecular weight excluding hydrogens is 254 g/mol. The summed E-state index contributed by atoms with van der Waals surface area (Å²) >= 11 is 0. The third-order valence-electron chi connectivity index (χ3n) is 3.57. The van der Waals surface area contributed by atoms with Crippen molar-refractivity contribution in [2.75, 3.05) is 31.2 Å². The SMILES string of the molecule is Cc1nc(-c2ccc(N3CCOCC3)cc2)c(CO)[nH]1. The lowest BCUT2D eigenvalue weighted by Gasteiger charge is -2.28. The first kappa shape index (κ1) is 13.1. The van der Waals surface area contributed by atoms with Crippen LogP contribution in [-0.4, -0.2) is 41.4 Å². The number of aryl methyl sites for hydroxylation is 1. The van der Waals surface area contributed by atoms with Gasteiger partial charge in [-0.05, 0) is 19.1 Å². The molecule has 1 aliphatic heterocycles. The summed E-state index contributed by atoms with van der Waals surface area (Å²) < 4.78 is 5.36. The number of ether oxygens (including phenoxy) is 1. The lowest BCUT2D eigenvalue weighted by molar-refractivity contribution is 0.122. The van der Waals surface area contributed by atoms with Crippen LogP contribution in [0.15, 0.2) is 24.3 Å². The van der Waals surface area contributed by atoms with Gasteiger partial charge in [0.25, 0.3) is 0 Å². The number of aliphatic hydroxyl groups excluding tert-OH is 1. The summed E-state index contributed by atoms with van der Waals surface area (Å²) in [5.41, 5.74) is 3.82. The minimum absolute atomic E-state index is 0.0264. The van der Waals surface area contributed by atoms with E-state index in [-0.39, 0.29) is 6.61 Å². The Kier molecular flexibility index (Phi) is 3.71. The molecule has 1 fully saturated rings. The molecule has 0 saturated carbocycles. The fourth-order valence-corrected chi connectivity index (χ4v) is 2.55. The van der Waals surface area contributed by atoms with Gasteiger partial charge in [0.1, 0.15) is 5.82 Å². The van der Waals surface area contributed by atoms with Crippen molar-refractivity contribution < 1.29 is 9.84 Å². The molecule has 5 heteroatoms. The van der Waals surface area contributed by atoms with Gasteiger partial charge in [0.05, 0.1) is 31.2 Å². The molecular formula is C15H19N3O2. The lowest BCUT2D eigenvalue weighted by Crippen LogP contribution is -2.36. The zero-order chi connectivity index (χ0) is 13.9. The van der Waals surface area contributed by atoms with Crippen molar-refractivity contribution in [3.8, 4) is 11.3 Å². The van der Waals surface area contributed by atoms with Crippen LogP contribution in [0.3, 0.4) is 0 Å². The summed E-state index contributed by atoms with van der Waals surface area (Å²) in [6.45, 7) is 5.31. The number of hydrogen-bond acceptors (Lipinski definition) is 4. The molecule has 0 amide bonds. The van der Waals surface area contributed by atoms with Gasteiger partial charge in [-0.25, -0.2) is 4.98 Å². The van der Waals surface area contributed by atoms with E-state index < -0.39 is 0 Å². The maximum Gasteiger partial charge on any atom is 0.103 e. The van der Waals surface area contributed by atoms with Gasteiger partial charge in [-0.15, -0.1) is 0 Å². The van der Waals surface area contributed by atoms with Crippen molar-refractivity contribution in [3.05, 3.63) is 35.8 Å². The number of H-pyrrole nitrogens is 1. The van der Waals surface area contributed by atoms with Crippen LogP contribution in [0.25, 0.3) is 11.3 Å². The fourth-order valence-electron chi connectivity index (χ4n) is 2.55. The Morgan fingerprint density at radius 2 is 1.95 bits per heavy atom. The third-order valence-corrected chi connectivity index (χ3v) is 3.57. The Bertz CT molecular complexity index is 571. The summed E-state index contributed by atoms with van der Waals surface area (Å²) in [5.74, 6) is 0.821. The molecule has 1 saturated heterocycles. The molecule has 1 aromatic heterocycles. The van der Waals surface area contributed by atoms with Crippen LogP contribution in [-0.2, 0) is 11.3 Å². The quantitative estimate of drug-likeness (QED) is 0.894. The lowest BCUT2D eigenvalue weighted by atomic mass is 10.1. The summed E-state index contributed by atoms with van der Waals surface area (Å²) in [7, 11) is 0. The fraction of sp³-hybridized carbons (Fsp3) is 0.400. The number of anilines is 1. The van der Waals surface area contributed by atoms with Crippen molar-refractivity contribution in [2.45, 2.75) is 13.5 Å². The molecule has 0 bridgehead atoms. The average molecular weight is 273 g/mol. The normalized spacial score (nSPS) is 15.6. The predicted molar refractivity (Wildman–Crippen MR) is 77.7 cm³/mol. The Labute approximate surface area is 118 Å². The van der Waals surface area contributed by atoms with Gasteiger partial charge in [0, 0.05) is 24.3 Å². The highest BCUT2D eigenvalue weighted by Crippen LogP contribution is 2.25. The second-order valence-electron chi connectivity index (χ2n) is 4.95. The molecule has 2 aromatic rings. The number of morpholine rings is 1. The standard InChI is InChI=1S/C15H19N3O2/c1-11-16-14(10-19)15(17-11)12-2-4-13(5-3-12)18-6-8-20-9-7-18/h2-5,19H,6-10H2,1H3,(H,16,17). The monoisotopic (exact) mass is 273 g/mol. The molecule has 0 radical (unpaired) electrons. The smallest absolute Gasteiger partial charge is 0.103 e. The van der Waals surface area contributed by atoms with Gasteiger partial charge in [-0.1, -0.05) is 12.1 Å². The minimum atomic E-state index is -0.0264. The van der Waals surface area contributed by atoms with Gasteiger partial charge in [-0.2, -0.15) is 0 Å². The topological polar surface area (TPSA) is 61.4 Å². The summed E-state index contributed by atoms with van der Waals surface area (Å²) in [5, 5.41) is 9.36. The Hall–Kier alpha value is -1.85. The Morgan fingerprint density at radius 1 is 1.25 bits per heavy atom. The van der Waals surface area contributed by atoms with Gasteiger partial charge in [0.15, 0.2) is 0 Å². The number of rotatable bonds is 3. The first-order valence-corrected chi connectivity index (χ1v) is 6.87. The highest BCUT2D eigenvalue weighted by molar-refractivity contribution is 5.65. The Morgan fingerprint density at radius 3 is 2.60 bits per heavy atom. The molecule has 3 rings (SSSR count). The molecule has 1 aromatic carbocycles. The van der Waals surface area contributed by atoms with E-state index in [0.29, 0.717) is 0 Å². The average Bonchev–Trinajstić information content (AvgIpc) is 2.89. The van der Waals surface area contributed by atoms with E-state index in [2.05, 4.69) is 39.1 Å². The molecule has 5 nitrogen and oxygen atoms in total. The first-order valence-electron chi connectivity index (χ1n) is 6.87. The summed E-state index contributed by atoms with van der Waals surface area (Å²) in [6.07, 6.45) is 0. The van der Waals surface area contributed by atoms with Gasteiger partial charge in [-0.3, -0.25) is 0 Å². The van der Waals surface area contributed by atoms with Crippen molar-refractivity contribution in [1.29, 1.82) is 0 Å². The van der Waals surface area contributed by atoms with Gasteiger partial charge >= 0.3 is 0 Å². The first-order chi connectivity index (χ1) is 9.78. The van der Waals surface area contributed by atoms with E-state index in [1.165, 1.54) is 5.69 Å². The minimum Gasteiger partial charge on any atom is -0.390 e. The van der Waals surface area contributed by atoms with E-state index in [0.717, 1.165) is 49.1 Å². The number of aliphatic hydroxyl groups is 1. The van der Waals surface area contributed by atoms with Gasteiger partial charge < -0.3 is 19.7 Å². The molecule has 0 atom stereocenters. The number of benzene rings is 1. The van der Waals surface area contributed by atoms with Gasteiger partial charge in [0.2, 0.25) is 0 Å². The van der Waals surface area contributed by atoms with Crippen molar-refractivity contribution >= 4 is 5.69 Å². The van der Waals surface area contributed by atoms with Crippen LogP contribution >= 0.6 is 0 Å². The third kappa shape index (κ3) is 2.55. The zero-order valence-corrected chi connectivity index (χ0v) is 11.6. The molecule has 0 unspecified atom stereocenters. The number of nitrogens with zero attached hydrogens (tertiary/aromatic N) is 2. The van der Waals surface area contributed by atoms with E-state index in [1.54, 1.807) is 0 Å². The molecule has 1 aliphatic rings. The molecule has 20 heavy (non-hydrogen) atoms. The van der Waals surface area contributed by atoms with Crippen LogP contribution in [0.1, 0.15) is 11.5 Å². The molecule has 2 heterocycles. The summed E-state index contributed by atoms with van der Waals surface area (Å²) in [6, 6.07) is 8.32. The van der Waals surface area contributed by atoms with Crippen molar-refractivity contribution in [3.63, 3.8) is 0 Å². The summed E-state index contributed by atoms with van der Waals surface area (Å²) in [4.78, 5) is 9.84. The number of aromatic nitrogens is 2. The maximum absolute atomic E-state index is 9.36. The maximum atomic E-state index is 9.36. The zero-order valence-electron chi connectivity index (χ0n) is 11.6. The highest BCUT2D eigenvalue weighted by Gasteiger charge is 2.13. The van der Waals surface area contributed by atoms with Crippen LogP contribution < -0.4 is 4.90 Å². The molecule has 2 N–H and O–H groups in total. The second kappa shape index (κ2) is 5.64. The van der Waals surface area contributed by atoms with Crippen molar-refractivity contribution in [1.82, 2.24) is 9.97 Å². The molecule has 0 aliphatic carbocycles. The van der Waals surface area contributed by atoms with Crippen LogP contribution in [0.5, 0.6) is 0 Å². The number of hydrogen-bond donors (Lipinski definition) is 2. The number of nitrogens with one attached hydrogen (secondary N) is 1. The highest BCUT2D eigenvalue weighted by atomic mass is 16.5. The van der Waals surface area contributed by atoms with E-state index >= 15 is 0 Å². The second-order valence-corrected chi connectivity index (χ2v) is 4.95. The molecule has 106 valence electrons. The van der Waals surface area contributed by atoms with Crippen LogP contribution in [0, 0.1) is 6.92 Å². The van der Waals surface area contributed by atoms with E-state index in [9.17, 15) is 5.11 Å². The molecule has 0 spiro atoms. The van der Waals surface area contributed by atoms with Crippen LogP contribution in [0.2, 0.25) is 0 Å². The largest absolute Gasteiger partial charge is 0.390 e. The number of aromatic amines is 1.